The van der Waals surface area contributed by atoms with E-state index in [1.165, 1.54) is 0 Å². The average Bonchev–Trinajstić information content (AvgIpc) is 3.17. The number of aromatic nitrogens is 1. The third kappa shape index (κ3) is 4.53. The summed E-state index contributed by atoms with van der Waals surface area (Å²) in [5.74, 6) is 0.828. The number of benzene rings is 3. The first-order valence-electron chi connectivity index (χ1n) is 10.3. The van der Waals surface area contributed by atoms with Gasteiger partial charge >= 0.3 is 0 Å². The zero-order valence-electron chi connectivity index (χ0n) is 18.1. The lowest BCUT2D eigenvalue weighted by Crippen LogP contribution is -2.02. The number of methoxy groups -OCH3 is 1. The van der Waals surface area contributed by atoms with Crippen LogP contribution in [0.15, 0.2) is 96.2 Å². The van der Waals surface area contributed by atoms with Crippen LogP contribution in [-0.2, 0) is 11.4 Å². The van der Waals surface area contributed by atoms with Crippen molar-refractivity contribution in [2.75, 3.05) is 7.11 Å². The molecule has 1 heterocycles. The summed E-state index contributed by atoms with van der Waals surface area (Å²) in [6.07, 6.45) is 0. The van der Waals surface area contributed by atoms with Crippen molar-refractivity contribution in [1.82, 2.24) is 4.57 Å². The smallest absolute Gasteiger partial charge is 0.142 e. The van der Waals surface area contributed by atoms with Crippen molar-refractivity contribution < 1.29 is 9.57 Å². The van der Waals surface area contributed by atoms with Gasteiger partial charge in [0.25, 0.3) is 0 Å². The average molecular weight is 411 g/mol. The van der Waals surface area contributed by atoms with Crippen LogP contribution in [-0.4, -0.2) is 17.4 Å². The zero-order chi connectivity index (χ0) is 21.6. The summed E-state index contributed by atoms with van der Waals surface area (Å²) in [5.41, 5.74) is 7.35. The Hall–Kier alpha value is -3.79. The molecular weight excluding hydrogens is 384 g/mol. The lowest BCUT2D eigenvalue weighted by atomic mass is 10.1. The third-order valence-corrected chi connectivity index (χ3v) is 5.29. The van der Waals surface area contributed by atoms with Gasteiger partial charge in [-0.3, -0.25) is 0 Å². The number of ether oxygens (including phenoxy) is 1. The van der Waals surface area contributed by atoms with Crippen molar-refractivity contribution in [2.24, 2.45) is 5.16 Å². The predicted molar refractivity (Wildman–Crippen MR) is 126 cm³/mol. The topological polar surface area (TPSA) is 35.8 Å². The third-order valence-electron chi connectivity index (χ3n) is 5.29. The summed E-state index contributed by atoms with van der Waals surface area (Å²) < 4.78 is 7.70. The molecule has 0 radical (unpaired) electrons. The van der Waals surface area contributed by atoms with E-state index in [4.69, 9.17) is 9.57 Å². The summed E-state index contributed by atoms with van der Waals surface area (Å²) >= 11 is 0. The Morgan fingerprint density at radius 3 is 2.29 bits per heavy atom. The first-order valence-corrected chi connectivity index (χ1v) is 10.3. The number of nitrogens with zero attached hydrogens (tertiary/aromatic N) is 2. The summed E-state index contributed by atoms with van der Waals surface area (Å²) in [6.45, 7) is 4.54. The Kier molecular flexibility index (Phi) is 6.18. The van der Waals surface area contributed by atoms with Crippen LogP contribution in [0.4, 0.5) is 0 Å². The monoisotopic (exact) mass is 410 g/mol. The molecule has 0 amide bonds. The summed E-state index contributed by atoms with van der Waals surface area (Å²) in [4.78, 5) is 5.65. The molecule has 0 saturated heterocycles. The van der Waals surface area contributed by atoms with Crippen LogP contribution in [0.2, 0.25) is 0 Å². The number of hydrogen-bond acceptors (Lipinski definition) is 3. The van der Waals surface area contributed by atoms with Crippen molar-refractivity contribution in [3.63, 3.8) is 0 Å². The molecule has 0 unspecified atom stereocenters. The van der Waals surface area contributed by atoms with Gasteiger partial charge in [-0.25, -0.2) is 0 Å². The van der Waals surface area contributed by atoms with Gasteiger partial charge in [0.15, 0.2) is 0 Å². The normalized spacial score (nSPS) is 11.4. The van der Waals surface area contributed by atoms with Crippen LogP contribution < -0.4 is 4.74 Å². The van der Waals surface area contributed by atoms with Crippen molar-refractivity contribution in [3.8, 4) is 22.7 Å². The maximum atomic E-state index is 5.65. The highest BCUT2D eigenvalue weighted by Crippen LogP contribution is 2.31. The van der Waals surface area contributed by atoms with E-state index in [1.807, 2.05) is 67.6 Å². The number of hydrogen-bond donors (Lipinski definition) is 0. The van der Waals surface area contributed by atoms with E-state index >= 15 is 0 Å². The molecule has 156 valence electrons. The lowest BCUT2D eigenvalue weighted by molar-refractivity contribution is 0.130. The molecule has 4 rings (SSSR count). The van der Waals surface area contributed by atoms with Gasteiger partial charge in [0.1, 0.15) is 12.4 Å². The SMILES string of the molecule is COc1cccc(-c2cc(/C(C)=N\OCc3ccccc3)c(C)n2-c2ccccc2)c1. The van der Waals surface area contributed by atoms with Gasteiger partial charge < -0.3 is 14.1 Å². The van der Waals surface area contributed by atoms with Crippen LogP contribution in [0, 0.1) is 6.92 Å². The molecule has 0 spiro atoms. The van der Waals surface area contributed by atoms with Gasteiger partial charge in [-0.15, -0.1) is 0 Å². The molecule has 3 aromatic carbocycles. The van der Waals surface area contributed by atoms with E-state index in [-0.39, 0.29) is 0 Å². The quantitative estimate of drug-likeness (QED) is 0.261. The minimum Gasteiger partial charge on any atom is -0.497 e. The van der Waals surface area contributed by atoms with Crippen LogP contribution in [0.5, 0.6) is 5.75 Å². The highest BCUT2D eigenvalue weighted by molar-refractivity contribution is 6.01. The Morgan fingerprint density at radius 2 is 1.58 bits per heavy atom. The van der Waals surface area contributed by atoms with Gasteiger partial charge in [0.05, 0.1) is 18.5 Å². The van der Waals surface area contributed by atoms with Crippen molar-refractivity contribution in [2.45, 2.75) is 20.5 Å². The Bertz CT molecular complexity index is 1180. The maximum Gasteiger partial charge on any atom is 0.142 e. The largest absolute Gasteiger partial charge is 0.497 e. The first-order chi connectivity index (χ1) is 15.2. The molecule has 0 bridgehead atoms. The van der Waals surface area contributed by atoms with Gasteiger partial charge in [-0.05, 0) is 49.7 Å². The fourth-order valence-electron chi connectivity index (χ4n) is 3.70. The minimum absolute atomic E-state index is 0.444. The van der Waals surface area contributed by atoms with Gasteiger partial charge in [0, 0.05) is 22.5 Å². The first kappa shape index (κ1) is 20.5. The van der Waals surface area contributed by atoms with Crippen LogP contribution in [0.1, 0.15) is 23.7 Å². The molecule has 0 aliphatic rings. The molecular formula is C27H26N2O2. The molecule has 31 heavy (non-hydrogen) atoms. The Morgan fingerprint density at radius 1 is 0.871 bits per heavy atom. The molecule has 0 fully saturated rings. The molecule has 0 atom stereocenters. The van der Waals surface area contributed by atoms with Crippen molar-refractivity contribution in [3.05, 3.63) is 108 Å². The van der Waals surface area contributed by atoms with Gasteiger partial charge in [-0.1, -0.05) is 65.8 Å². The second kappa shape index (κ2) is 9.35. The summed E-state index contributed by atoms with van der Waals surface area (Å²) in [7, 11) is 1.69. The highest BCUT2D eigenvalue weighted by Gasteiger charge is 2.17. The predicted octanol–water partition coefficient (Wildman–Crippen LogP) is 6.40. The van der Waals surface area contributed by atoms with E-state index in [0.29, 0.717) is 6.61 Å². The van der Waals surface area contributed by atoms with E-state index in [2.05, 4.69) is 47.0 Å². The fraction of sp³-hybridized carbons (Fsp3) is 0.148. The molecule has 0 saturated carbocycles. The van der Waals surface area contributed by atoms with E-state index in [0.717, 1.165) is 45.2 Å². The lowest BCUT2D eigenvalue weighted by Gasteiger charge is -2.13. The Balaban J connectivity index is 1.73. The molecule has 0 N–H and O–H groups in total. The van der Waals surface area contributed by atoms with Crippen LogP contribution >= 0.6 is 0 Å². The molecule has 4 aromatic rings. The molecule has 4 nitrogen and oxygen atoms in total. The minimum atomic E-state index is 0.444. The van der Waals surface area contributed by atoms with E-state index in [1.54, 1.807) is 7.11 Å². The molecule has 1 aromatic heterocycles. The molecule has 4 heteroatoms. The van der Waals surface area contributed by atoms with Gasteiger partial charge in [-0.2, -0.15) is 0 Å². The fourth-order valence-corrected chi connectivity index (χ4v) is 3.70. The molecule has 0 aliphatic carbocycles. The van der Waals surface area contributed by atoms with Crippen LogP contribution in [0.3, 0.4) is 0 Å². The van der Waals surface area contributed by atoms with Gasteiger partial charge in [0.2, 0.25) is 0 Å². The van der Waals surface area contributed by atoms with Crippen LogP contribution in [0.25, 0.3) is 16.9 Å². The van der Waals surface area contributed by atoms with Crippen molar-refractivity contribution in [1.29, 1.82) is 0 Å². The summed E-state index contributed by atoms with van der Waals surface area (Å²) in [5, 5.41) is 4.40. The molecule has 0 aliphatic heterocycles. The standard InChI is InChI=1S/C27H26N2O2/c1-20(28-31-19-22-11-6-4-7-12-22)26-18-27(23-13-10-16-25(17-23)30-3)29(21(26)2)24-14-8-5-9-15-24/h4-18H,19H2,1-3H3/b28-20-. The number of para-hydroxylation sites is 1. The number of oxime groups is 1. The highest BCUT2D eigenvalue weighted by atomic mass is 16.6. The second-order valence-electron chi connectivity index (χ2n) is 7.37. The maximum absolute atomic E-state index is 5.65. The van der Waals surface area contributed by atoms with Crippen molar-refractivity contribution >= 4 is 5.71 Å². The second-order valence-corrected chi connectivity index (χ2v) is 7.37. The summed E-state index contributed by atoms with van der Waals surface area (Å²) in [6, 6.07) is 30.7. The van der Waals surface area contributed by atoms with E-state index < -0.39 is 0 Å². The van der Waals surface area contributed by atoms with E-state index in [9.17, 15) is 0 Å². The zero-order valence-corrected chi connectivity index (χ0v) is 18.1. The Labute approximate surface area is 183 Å². The number of rotatable bonds is 7.